The number of carbonyl (C=O) groups is 1. The van der Waals surface area contributed by atoms with Gasteiger partial charge in [0.25, 0.3) is 0 Å². The molecule has 0 bridgehead atoms. The minimum absolute atomic E-state index is 0.118. The van der Waals surface area contributed by atoms with Gasteiger partial charge in [0.15, 0.2) is 0 Å². The van der Waals surface area contributed by atoms with Gasteiger partial charge >= 0.3 is 0 Å². The van der Waals surface area contributed by atoms with Crippen molar-refractivity contribution in [2.24, 2.45) is 5.41 Å². The van der Waals surface area contributed by atoms with Crippen molar-refractivity contribution in [3.63, 3.8) is 0 Å². The Balaban J connectivity index is 1.95. The average Bonchev–Trinajstić information content (AvgIpc) is 2.66. The van der Waals surface area contributed by atoms with Crippen LogP contribution < -0.4 is 0 Å². The molecule has 0 amide bonds. The Bertz CT molecular complexity index is 383. The molecular formula is C16H24N2O. The fourth-order valence-corrected chi connectivity index (χ4v) is 3.14. The maximum atomic E-state index is 11.6. The van der Waals surface area contributed by atoms with Crippen LogP contribution in [0.25, 0.3) is 0 Å². The SMILES string of the molecule is CN(Cc1cccnc1)CC1(C=O)CCCCCC1. The summed E-state index contributed by atoms with van der Waals surface area (Å²) in [5.41, 5.74) is 1.09. The van der Waals surface area contributed by atoms with E-state index < -0.39 is 0 Å². The van der Waals surface area contributed by atoms with Gasteiger partial charge in [-0.15, -0.1) is 0 Å². The highest BCUT2D eigenvalue weighted by molar-refractivity contribution is 5.59. The Labute approximate surface area is 116 Å². The molecule has 3 heteroatoms. The van der Waals surface area contributed by atoms with Crippen molar-refractivity contribution in [2.45, 2.75) is 45.1 Å². The van der Waals surface area contributed by atoms with Gasteiger partial charge in [-0.3, -0.25) is 4.98 Å². The van der Waals surface area contributed by atoms with Crippen LogP contribution in [0.5, 0.6) is 0 Å². The summed E-state index contributed by atoms with van der Waals surface area (Å²) < 4.78 is 0. The van der Waals surface area contributed by atoms with Crippen molar-refractivity contribution in [1.82, 2.24) is 9.88 Å². The molecule has 0 atom stereocenters. The first-order valence-electron chi connectivity index (χ1n) is 7.28. The molecule has 1 aromatic rings. The molecule has 2 rings (SSSR count). The first-order chi connectivity index (χ1) is 9.24. The van der Waals surface area contributed by atoms with Crippen molar-refractivity contribution in [2.75, 3.05) is 13.6 Å². The molecule has 104 valence electrons. The van der Waals surface area contributed by atoms with Crippen molar-refractivity contribution in [3.8, 4) is 0 Å². The molecule has 1 heterocycles. The van der Waals surface area contributed by atoms with E-state index in [1.165, 1.54) is 37.5 Å². The minimum Gasteiger partial charge on any atom is -0.303 e. The molecule has 0 aliphatic heterocycles. The Hall–Kier alpha value is -1.22. The molecule has 19 heavy (non-hydrogen) atoms. The lowest BCUT2D eigenvalue weighted by Crippen LogP contribution is -2.36. The summed E-state index contributed by atoms with van der Waals surface area (Å²) >= 11 is 0. The molecule has 0 spiro atoms. The van der Waals surface area contributed by atoms with E-state index in [4.69, 9.17) is 0 Å². The molecular weight excluding hydrogens is 236 g/mol. The number of aldehydes is 1. The van der Waals surface area contributed by atoms with Crippen LogP contribution in [0, 0.1) is 5.41 Å². The normalized spacial score (nSPS) is 19.1. The maximum absolute atomic E-state index is 11.6. The highest BCUT2D eigenvalue weighted by Gasteiger charge is 2.31. The molecule has 3 nitrogen and oxygen atoms in total. The molecule has 0 unspecified atom stereocenters. The topological polar surface area (TPSA) is 33.2 Å². The van der Waals surface area contributed by atoms with Gasteiger partial charge in [-0.2, -0.15) is 0 Å². The molecule has 0 N–H and O–H groups in total. The summed E-state index contributed by atoms with van der Waals surface area (Å²) in [7, 11) is 2.10. The zero-order valence-electron chi connectivity index (χ0n) is 11.8. The summed E-state index contributed by atoms with van der Waals surface area (Å²) in [6.07, 6.45) is 12.0. The molecule has 1 saturated carbocycles. The first-order valence-corrected chi connectivity index (χ1v) is 7.28. The molecule has 1 aliphatic carbocycles. The van der Waals surface area contributed by atoms with Crippen LogP contribution in [0.4, 0.5) is 0 Å². The van der Waals surface area contributed by atoms with E-state index in [1.807, 2.05) is 12.3 Å². The zero-order chi connectivity index (χ0) is 13.6. The Morgan fingerprint density at radius 1 is 1.32 bits per heavy atom. The summed E-state index contributed by atoms with van der Waals surface area (Å²) in [6, 6.07) is 4.05. The van der Waals surface area contributed by atoms with Gasteiger partial charge in [0.1, 0.15) is 6.29 Å². The van der Waals surface area contributed by atoms with Crippen LogP contribution in [-0.4, -0.2) is 29.8 Å². The van der Waals surface area contributed by atoms with Crippen LogP contribution in [0.1, 0.15) is 44.1 Å². The quantitative estimate of drug-likeness (QED) is 0.602. The van der Waals surface area contributed by atoms with Crippen LogP contribution in [0.15, 0.2) is 24.5 Å². The predicted molar refractivity (Wildman–Crippen MR) is 76.8 cm³/mol. The van der Waals surface area contributed by atoms with E-state index in [1.54, 1.807) is 6.20 Å². The van der Waals surface area contributed by atoms with E-state index in [2.05, 4.69) is 23.0 Å². The number of hydrogen-bond acceptors (Lipinski definition) is 3. The first kappa shape index (κ1) is 14.2. The summed E-state index contributed by atoms with van der Waals surface area (Å²) in [5, 5.41) is 0. The summed E-state index contributed by atoms with van der Waals surface area (Å²) in [5.74, 6) is 0. The maximum Gasteiger partial charge on any atom is 0.127 e. The van der Waals surface area contributed by atoms with Gasteiger partial charge in [-0.25, -0.2) is 0 Å². The highest BCUT2D eigenvalue weighted by Crippen LogP contribution is 2.34. The molecule has 1 aliphatic rings. The van der Waals surface area contributed by atoms with Gasteiger partial charge in [-0.1, -0.05) is 31.7 Å². The van der Waals surface area contributed by atoms with Crippen LogP contribution in [0.3, 0.4) is 0 Å². The average molecular weight is 260 g/mol. The number of pyridine rings is 1. The lowest BCUT2D eigenvalue weighted by Gasteiger charge is -2.31. The predicted octanol–water partition coefficient (Wildman–Crippen LogP) is 3.05. The zero-order valence-corrected chi connectivity index (χ0v) is 11.8. The molecule has 1 aromatic heterocycles. The second-order valence-corrected chi connectivity index (χ2v) is 5.93. The van der Waals surface area contributed by atoms with Crippen molar-refractivity contribution < 1.29 is 4.79 Å². The number of aromatic nitrogens is 1. The fourth-order valence-electron chi connectivity index (χ4n) is 3.14. The Morgan fingerprint density at radius 2 is 2.05 bits per heavy atom. The van der Waals surface area contributed by atoms with Gasteiger partial charge in [0.05, 0.1) is 0 Å². The lowest BCUT2D eigenvalue weighted by atomic mass is 9.81. The number of hydrogen-bond donors (Lipinski definition) is 0. The molecule has 0 aromatic carbocycles. The standard InChI is InChI=1S/C16H24N2O/c1-18(12-15-7-6-10-17-11-15)13-16(14-19)8-4-2-3-5-9-16/h6-7,10-11,14H,2-5,8-9,12-13H2,1H3. The highest BCUT2D eigenvalue weighted by atomic mass is 16.1. The molecule has 0 saturated heterocycles. The molecule has 1 fully saturated rings. The largest absolute Gasteiger partial charge is 0.303 e. The van der Waals surface area contributed by atoms with E-state index in [-0.39, 0.29) is 5.41 Å². The van der Waals surface area contributed by atoms with Gasteiger partial charge in [0, 0.05) is 30.9 Å². The molecule has 0 radical (unpaired) electrons. The smallest absolute Gasteiger partial charge is 0.127 e. The van der Waals surface area contributed by atoms with Crippen molar-refractivity contribution in [1.29, 1.82) is 0 Å². The van der Waals surface area contributed by atoms with Crippen molar-refractivity contribution >= 4 is 6.29 Å². The van der Waals surface area contributed by atoms with Crippen LogP contribution in [0.2, 0.25) is 0 Å². The second kappa shape index (κ2) is 6.80. The summed E-state index contributed by atoms with van der Waals surface area (Å²) in [4.78, 5) is 18.0. The van der Waals surface area contributed by atoms with E-state index in [0.717, 1.165) is 25.9 Å². The van der Waals surface area contributed by atoms with Gasteiger partial charge in [0.2, 0.25) is 0 Å². The van der Waals surface area contributed by atoms with Gasteiger partial charge in [-0.05, 0) is 31.5 Å². The van der Waals surface area contributed by atoms with Crippen LogP contribution in [-0.2, 0) is 11.3 Å². The third kappa shape index (κ3) is 4.13. The van der Waals surface area contributed by atoms with Crippen molar-refractivity contribution in [3.05, 3.63) is 30.1 Å². The number of nitrogens with zero attached hydrogens (tertiary/aromatic N) is 2. The third-order valence-electron chi connectivity index (χ3n) is 4.11. The Kier molecular flexibility index (Phi) is 5.08. The Morgan fingerprint density at radius 3 is 2.63 bits per heavy atom. The van der Waals surface area contributed by atoms with E-state index in [0.29, 0.717) is 0 Å². The summed E-state index contributed by atoms with van der Waals surface area (Å²) in [6.45, 7) is 1.73. The number of rotatable bonds is 5. The van der Waals surface area contributed by atoms with Crippen LogP contribution >= 0.6 is 0 Å². The van der Waals surface area contributed by atoms with E-state index in [9.17, 15) is 4.79 Å². The number of carbonyl (C=O) groups excluding carboxylic acids is 1. The minimum atomic E-state index is -0.118. The lowest BCUT2D eigenvalue weighted by molar-refractivity contribution is -0.118. The van der Waals surface area contributed by atoms with Gasteiger partial charge < -0.3 is 9.69 Å². The monoisotopic (exact) mass is 260 g/mol. The van der Waals surface area contributed by atoms with E-state index >= 15 is 0 Å². The third-order valence-corrected chi connectivity index (χ3v) is 4.11. The second-order valence-electron chi connectivity index (χ2n) is 5.93. The fraction of sp³-hybridized carbons (Fsp3) is 0.625.